The molecule has 0 fully saturated rings. The van der Waals surface area contributed by atoms with Crippen LogP contribution < -0.4 is 15.7 Å². The number of aryl methyl sites for hydroxylation is 1. The van der Waals surface area contributed by atoms with Crippen molar-refractivity contribution in [2.45, 2.75) is 25.7 Å². The smallest absolute Gasteiger partial charge is 0.330 e. The third-order valence-electron chi connectivity index (χ3n) is 11.1. The highest BCUT2D eigenvalue weighted by Crippen LogP contribution is 2.56. The third-order valence-corrected chi connectivity index (χ3v) is 11.1. The van der Waals surface area contributed by atoms with Crippen LogP contribution in [-0.4, -0.2) is 11.4 Å². The maximum Gasteiger partial charge on any atom is 0.330 e. The Labute approximate surface area is 254 Å². The van der Waals surface area contributed by atoms with E-state index in [-0.39, 0.29) is 6.85 Å². The highest BCUT2D eigenvalue weighted by Gasteiger charge is 2.49. The van der Waals surface area contributed by atoms with Gasteiger partial charge in [0.2, 0.25) is 0 Å². The maximum atomic E-state index is 6.76. The molecule has 2 aromatic heterocycles. The number of furan rings is 1. The Morgan fingerprint density at radius 3 is 2.43 bits per heavy atom. The van der Waals surface area contributed by atoms with Gasteiger partial charge in [0, 0.05) is 32.7 Å². The van der Waals surface area contributed by atoms with Gasteiger partial charge in [0.15, 0.2) is 0 Å². The van der Waals surface area contributed by atoms with E-state index in [1.165, 1.54) is 101 Å². The van der Waals surface area contributed by atoms with Gasteiger partial charge >= 0.3 is 6.85 Å². The van der Waals surface area contributed by atoms with Gasteiger partial charge < -0.3 is 13.8 Å². The SMILES string of the molecule is c1ccc2c(c1)B1c3c(cc4c(oc5ccccc54)c3-2)-c2c3c(cc4c2N1c1cccc2c5ccccc5n-4c12)CCCC3. The van der Waals surface area contributed by atoms with Gasteiger partial charge in [-0.25, -0.2) is 0 Å². The van der Waals surface area contributed by atoms with Crippen molar-refractivity contribution in [3.05, 3.63) is 114 Å². The summed E-state index contributed by atoms with van der Waals surface area (Å²) < 4.78 is 9.35. The van der Waals surface area contributed by atoms with Crippen molar-refractivity contribution in [2.24, 2.45) is 0 Å². The molecule has 204 valence electrons. The summed E-state index contributed by atoms with van der Waals surface area (Å²) in [5.74, 6) is 0. The second kappa shape index (κ2) is 7.46. The monoisotopic (exact) mass is 560 g/mol. The van der Waals surface area contributed by atoms with Crippen molar-refractivity contribution in [1.82, 2.24) is 4.57 Å². The Bertz CT molecular complexity index is 2640. The second-order valence-corrected chi connectivity index (χ2v) is 13.0. The van der Waals surface area contributed by atoms with Crippen LogP contribution in [0, 0.1) is 0 Å². The summed E-state index contributed by atoms with van der Waals surface area (Å²) in [5.41, 5.74) is 19.9. The largest absolute Gasteiger partial charge is 0.455 e. The van der Waals surface area contributed by atoms with Gasteiger partial charge in [0.05, 0.1) is 28.1 Å². The van der Waals surface area contributed by atoms with Crippen molar-refractivity contribution in [3.63, 3.8) is 0 Å². The zero-order valence-corrected chi connectivity index (χ0v) is 24.0. The molecule has 6 aromatic carbocycles. The van der Waals surface area contributed by atoms with Crippen molar-refractivity contribution < 1.29 is 4.42 Å². The van der Waals surface area contributed by atoms with Crippen molar-refractivity contribution in [3.8, 4) is 27.9 Å². The number of hydrogen-bond acceptors (Lipinski definition) is 2. The zero-order chi connectivity index (χ0) is 28.3. The minimum absolute atomic E-state index is 0.0825. The van der Waals surface area contributed by atoms with Crippen LogP contribution in [0.4, 0.5) is 11.4 Å². The normalized spacial score (nSPS) is 15.3. The van der Waals surface area contributed by atoms with Crippen LogP contribution in [0.1, 0.15) is 24.0 Å². The molecule has 0 amide bonds. The molecule has 5 heterocycles. The van der Waals surface area contributed by atoms with Crippen molar-refractivity contribution in [2.75, 3.05) is 4.81 Å². The van der Waals surface area contributed by atoms with Crippen LogP contribution in [-0.2, 0) is 12.8 Å². The fourth-order valence-corrected chi connectivity index (χ4v) is 9.43. The molecule has 0 saturated heterocycles. The fourth-order valence-electron chi connectivity index (χ4n) is 9.43. The Balaban J connectivity index is 1.35. The van der Waals surface area contributed by atoms with Crippen LogP contribution in [0.15, 0.2) is 108 Å². The predicted octanol–water partition coefficient (Wildman–Crippen LogP) is 8.78. The predicted molar refractivity (Wildman–Crippen MR) is 183 cm³/mol. The van der Waals surface area contributed by atoms with Crippen LogP contribution in [0.2, 0.25) is 0 Å². The Morgan fingerprint density at radius 1 is 0.636 bits per heavy atom. The molecule has 0 unspecified atom stereocenters. The fraction of sp³-hybridized carbons (Fsp3) is 0.100. The molecule has 3 nitrogen and oxygen atoms in total. The molecular weight excluding hydrogens is 535 g/mol. The minimum Gasteiger partial charge on any atom is -0.455 e. The molecule has 0 spiro atoms. The second-order valence-electron chi connectivity index (χ2n) is 13.0. The Morgan fingerprint density at radius 2 is 1.45 bits per heavy atom. The van der Waals surface area contributed by atoms with E-state index < -0.39 is 0 Å². The summed E-state index contributed by atoms with van der Waals surface area (Å²) in [6.45, 7) is 0.0825. The number of benzene rings is 6. The van der Waals surface area contributed by atoms with Crippen molar-refractivity contribution in [1.29, 1.82) is 0 Å². The van der Waals surface area contributed by atoms with Gasteiger partial charge in [-0.3, -0.25) is 0 Å². The lowest BCUT2D eigenvalue weighted by molar-refractivity contribution is 0.670. The van der Waals surface area contributed by atoms with Crippen molar-refractivity contribution >= 4 is 72.9 Å². The standard InChI is InChI=1S/C40H25BN2O/c1-2-11-23-22(10-1)20-33-39-35(23)29-21-28-25-13-5-8-19-34(25)44-40(28)36-27-14-3-6-16-30(27)41(37(29)36)43(39)32-18-9-15-26-24-12-4-7-17-31(24)42(33)38(26)32/h3-9,12-21H,1-2,10-11H2. The maximum absolute atomic E-state index is 6.76. The molecule has 0 atom stereocenters. The molecule has 12 rings (SSSR count). The highest BCUT2D eigenvalue weighted by molar-refractivity contribution is 6.95. The summed E-state index contributed by atoms with van der Waals surface area (Å²) in [5, 5.41) is 5.08. The summed E-state index contributed by atoms with van der Waals surface area (Å²) in [4.78, 5) is 2.72. The molecule has 0 radical (unpaired) electrons. The minimum atomic E-state index is 0.0825. The van der Waals surface area contributed by atoms with Gasteiger partial charge in [-0.05, 0) is 89.2 Å². The molecular formula is C40H25BN2O. The molecule has 0 bridgehead atoms. The first-order valence-electron chi connectivity index (χ1n) is 15.9. The third kappa shape index (κ3) is 2.38. The van der Waals surface area contributed by atoms with Gasteiger partial charge in [-0.1, -0.05) is 72.8 Å². The average molecular weight is 560 g/mol. The number of nitrogens with zero attached hydrogens (tertiary/aromatic N) is 2. The lowest BCUT2D eigenvalue weighted by Crippen LogP contribution is -2.56. The summed E-state index contributed by atoms with van der Waals surface area (Å²) >= 11 is 0. The average Bonchev–Trinajstić information content (AvgIpc) is 3.73. The van der Waals surface area contributed by atoms with Gasteiger partial charge in [0.1, 0.15) is 11.2 Å². The van der Waals surface area contributed by atoms with E-state index in [0.717, 1.165) is 24.0 Å². The first kappa shape index (κ1) is 22.3. The number of rotatable bonds is 0. The number of para-hydroxylation sites is 3. The Hall–Kier alpha value is -5.22. The zero-order valence-electron chi connectivity index (χ0n) is 24.0. The van der Waals surface area contributed by atoms with E-state index in [1.54, 1.807) is 5.56 Å². The molecule has 44 heavy (non-hydrogen) atoms. The van der Waals surface area contributed by atoms with Crippen LogP contribution in [0.25, 0.3) is 71.7 Å². The Kier molecular flexibility index (Phi) is 3.79. The number of hydrogen-bond donors (Lipinski definition) is 0. The lowest BCUT2D eigenvalue weighted by atomic mass is 9.47. The number of aromatic nitrogens is 1. The van der Waals surface area contributed by atoms with E-state index in [1.807, 2.05) is 0 Å². The number of anilines is 2. The van der Waals surface area contributed by atoms with E-state index in [9.17, 15) is 0 Å². The van der Waals surface area contributed by atoms with E-state index in [4.69, 9.17) is 4.42 Å². The molecule has 0 N–H and O–H groups in total. The van der Waals surface area contributed by atoms with Crippen LogP contribution >= 0.6 is 0 Å². The highest BCUT2D eigenvalue weighted by atomic mass is 16.3. The van der Waals surface area contributed by atoms with Gasteiger partial charge in [0.25, 0.3) is 0 Å². The lowest BCUT2D eigenvalue weighted by Gasteiger charge is -2.43. The first-order chi connectivity index (χ1) is 21.9. The van der Waals surface area contributed by atoms with Crippen LogP contribution in [0.3, 0.4) is 0 Å². The molecule has 4 aliphatic rings. The molecule has 3 aliphatic heterocycles. The van der Waals surface area contributed by atoms with E-state index >= 15 is 0 Å². The summed E-state index contributed by atoms with van der Waals surface area (Å²) in [6.07, 6.45) is 4.77. The molecule has 1 aliphatic carbocycles. The molecule has 4 heteroatoms. The van der Waals surface area contributed by atoms with Gasteiger partial charge in [-0.2, -0.15) is 0 Å². The van der Waals surface area contributed by atoms with Gasteiger partial charge in [-0.15, -0.1) is 0 Å². The van der Waals surface area contributed by atoms with E-state index in [0.29, 0.717) is 0 Å². The van der Waals surface area contributed by atoms with Crippen LogP contribution in [0.5, 0.6) is 0 Å². The molecule has 0 saturated carbocycles. The molecule has 8 aromatic rings. The quantitative estimate of drug-likeness (QED) is 0.173. The summed E-state index contributed by atoms with van der Waals surface area (Å²) in [6, 6.07) is 38.6. The topological polar surface area (TPSA) is 21.3 Å². The first-order valence-corrected chi connectivity index (χ1v) is 15.9. The van der Waals surface area contributed by atoms with E-state index in [2.05, 4.69) is 113 Å². The summed E-state index contributed by atoms with van der Waals surface area (Å²) in [7, 11) is 0. The number of fused-ring (bicyclic) bond motifs is 16.